The molecule has 1 rings (SSSR count). The number of halogens is 1. The fourth-order valence-electron chi connectivity index (χ4n) is 1.18. The maximum atomic E-state index is 10.9. The van der Waals surface area contributed by atoms with Gasteiger partial charge in [-0.15, -0.1) is 12.3 Å². The van der Waals surface area contributed by atoms with E-state index in [1.54, 1.807) is 0 Å². The van der Waals surface area contributed by atoms with Crippen LogP contribution in [0.3, 0.4) is 0 Å². The van der Waals surface area contributed by atoms with Crippen LogP contribution in [0.4, 0.5) is 5.82 Å². The van der Waals surface area contributed by atoms with Gasteiger partial charge in [0.25, 0.3) is 0 Å². The van der Waals surface area contributed by atoms with Crippen molar-refractivity contribution >= 4 is 23.4 Å². The van der Waals surface area contributed by atoms with E-state index in [0.29, 0.717) is 6.42 Å². The highest BCUT2D eigenvalue weighted by Crippen LogP contribution is 2.17. The Kier molecular flexibility index (Phi) is 4.15. The van der Waals surface area contributed by atoms with E-state index in [9.17, 15) is 4.79 Å². The highest BCUT2D eigenvalue weighted by molar-refractivity contribution is 6.29. The summed E-state index contributed by atoms with van der Waals surface area (Å²) >= 11 is 5.70. The number of anilines is 1. The van der Waals surface area contributed by atoms with E-state index in [1.807, 2.05) is 6.92 Å². The lowest BCUT2D eigenvalue weighted by molar-refractivity contribution is 0.0697. The monoisotopic (exact) mass is 238 g/mol. The van der Waals surface area contributed by atoms with Crippen LogP contribution < -0.4 is 5.32 Å². The van der Waals surface area contributed by atoms with Crippen molar-refractivity contribution in [1.29, 1.82) is 0 Å². The number of aromatic carboxylic acids is 1. The Labute approximate surface area is 98.6 Å². The zero-order valence-corrected chi connectivity index (χ0v) is 9.45. The lowest BCUT2D eigenvalue weighted by Crippen LogP contribution is -2.17. The molecule has 0 aliphatic carbocycles. The molecule has 0 radical (unpaired) electrons. The number of carboxylic acids is 1. The fraction of sp³-hybridized carbons (Fsp3) is 0.273. The van der Waals surface area contributed by atoms with Crippen LogP contribution in [-0.2, 0) is 0 Å². The Morgan fingerprint density at radius 2 is 2.44 bits per heavy atom. The highest BCUT2D eigenvalue weighted by atomic mass is 35.5. The van der Waals surface area contributed by atoms with Crippen LogP contribution in [0.2, 0.25) is 5.15 Å². The summed E-state index contributed by atoms with van der Waals surface area (Å²) in [7, 11) is 0. The summed E-state index contributed by atoms with van der Waals surface area (Å²) in [5, 5.41) is 12.1. The molecule has 1 aromatic heterocycles. The van der Waals surface area contributed by atoms with Gasteiger partial charge in [-0.05, 0) is 19.1 Å². The molecule has 0 aliphatic heterocycles. The molecule has 2 N–H and O–H groups in total. The molecule has 0 bridgehead atoms. The molecule has 1 aromatic rings. The van der Waals surface area contributed by atoms with Crippen LogP contribution in [0.1, 0.15) is 23.7 Å². The number of pyridine rings is 1. The molecule has 0 fully saturated rings. The molecule has 0 aromatic carbocycles. The molecule has 0 amide bonds. The smallest absolute Gasteiger partial charge is 0.339 e. The Bertz CT molecular complexity index is 440. The molecule has 0 saturated carbocycles. The average molecular weight is 239 g/mol. The zero-order chi connectivity index (χ0) is 12.1. The number of nitrogens with zero attached hydrogens (tertiary/aromatic N) is 1. The van der Waals surface area contributed by atoms with Crippen LogP contribution in [0.25, 0.3) is 0 Å². The third kappa shape index (κ3) is 3.14. The maximum absolute atomic E-state index is 10.9. The van der Waals surface area contributed by atoms with Crippen molar-refractivity contribution in [3.05, 3.63) is 22.8 Å². The Morgan fingerprint density at radius 1 is 1.75 bits per heavy atom. The number of terminal acetylenes is 1. The third-order valence-electron chi connectivity index (χ3n) is 1.90. The van der Waals surface area contributed by atoms with Crippen LogP contribution >= 0.6 is 11.6 Å². The quantitative estimate of drug-likeness (QED) is 0.624. The topological polar surface area (TPSA) is 62.2 Å². The van der Waals surface area contributed by atoms with Crippen molar-refractivity contribution in [1.82, 2.24) is 4.98 Å². The zero-order valence-electron chi connectivity index (χ0n) is 8.70. The minimum absolute atomic E-state index is 0.0610. The van der Waals surface area contributed by atoms with E-state index in [1.165, 1.54) is 12.1 Å². The summed E-state index contributed by atoms with van der Waals surface area (Å²) in [6, 6.07) is 2.78. The molecular weight excluding hydrogens is 228 g/mol. The number of nitrogens with one attached hydrogen (secondary N) is 1. The number of carboxylic acid groups (broad SMARTS) is 1. The van der Waals surface area contributed by atoms with E-state index in [2.05, 4.69) is 16.2 Å². The summed E-state index contributed by atoms with van der Waals surface area (Å²) in [6.07, 6.45) is 5.64. The molecule has 5 heteroatoms. The van der Waals surface area contributed by atoms with Crippen molar-refractivity contribution in [2.45, 2.75) is 19.4 Å². The van der Waals surface area contributed by atoms with Gasteiger partial charge < -0.3 is 10.4 Å². The second-order valence-electron chi connectivity index (χ2n) is 3.29. The van der Waals surface area contributed by atoms with Crippen LogP contribution in [-0.4, -0.2) is 22.1 Å². The van der Waals surface area contributed by atoms with Gasteiger partial charge in [-0.1, -0.05) is 11.6 Å². The number of carbonyl (C=O) groups is 1. The molecule has 1 unspecified atom stereocenters. The van der Waals surface area contributed by atoms with Gasteiger partial charge in [0, 0.05) is 12.5 Å². The minimum atomic E-state index is -1.06. The normalized spacial score (nSPS) is 11.6. The van der Waals surface area contributed by atoms with E-state index in [4.69, 9.17) is 23.1 Å². The van der Waals surface area contributed by atoms with Crippen LogP contribution in [0, 0.1) is 12.3 Å². The molecule has 0 saturated heterocycles. The number of hydrogen-bond donors (Lipinski definition) is 2. The Balaban J connectivity index is 2.97. The van der Waals surface area contributed by atoms with Crippen molar-refractivity contribution in [2.24, 2.45) is 0 Å². The molecule has 84 valence electrons. The first kappa shape index (κ1) is 12.3. The Morgan fingerprint density at radius 3 is 3.00 bits per heavy atom. The highest BCUT2D eigenvalue weighted by Gasteiger charge is 2.13. The van der Waals surface area contributed by atoms with Crippen molar-refractivity contribution in [2.75, 3.05) is 5.32 Å². The minimum Gasteiger partial charge on any atom is -0.478 e. The van der Waals surface area contributed by atoms with Gasteiger partial charge in [0.1, 0.15) is 16.5 Å². The molecular formula is C11H11ClN2O2. The predicted molar refractivity (Wildman–Crippen MR) is 62.7 cm³/mol. The Hall–Kier alpha value is -1.73. The van der Waals surface area contributed by atoms with Crippen molar-refractivity contribution in [3.63, 3.8) is 0 Å². The number of aromatic nitrogens is 1. The predicted octanol–water partition coefficient (Wildman–Crippen LogP) is 2.26. The fourth-order valence-corrected chi connectivity index (χ4v) is 1.33. The maximum Gasteiger partial charge on any atom is 0.339 e. The molecule has 16 heavy (non-hydrogen) atoms. The van der Waals surface area contributed by atoms with E-state index in [-0.39, 0.29) is 22.6 Å². The second-order valence-corrected chi connectivity index (χ2v) is 3.68. The third-order valence-corrected chi connectivity index (χ3v) is 2.11. The molecule has 4 nitrogen and oxygen atoms in total. The largest absolute Gasteiger partial charge is 0.478 e. The second kappa shape index (κ2) is 5.38. The van der Waals surface area contributed by atoms with Gasteiger partial charge >= 0.3 is 5.97 Å². The van der Waals surface area contributed by atoms with Gasteiger partial charge in [0.15, 0.2) is 0 Å². The van der Waals surface area contributed by atoms with Crippen LogP contribution in [0.15, 0.2) is 12.1 Å². The van der Waals surface area contributed by atoms with Gasteiger partial charge in [-0.25, -0.2) is 9.78 Å². The number of rotatable bonds is 4. The first-order chi connectivity index (χ1) is 7.54. The molecule has 0 aliphatic rings. The lowest BCUT2D eigenvalue weighted by atomic mass is 10.2. The summed E-state index contributed by atoms with van der Waals surface area (Å²) in [4.78, 5) is 14.8. The molecule has 1 atom stereocenters. The van der Waals surface area contributed by atoms with Gasteiger partial charge in [-0.2, -0.15) is 0 Å². The summed E-state index contributed by atoms with van der Waals surface area (Å²) in [5.41, 5.74) is 0.0771. The van der Waals surface area contributed by atoms with E-state index >= 15 is 0 Å². The molecule has 0 spiro atoms. The van der Waals surface area contributed by atoms with Gasteiger partial charge in [0.05, 0.1) is 0 Å². The van der Waals surface area contributed by atoms with Gasteiger partial charge in [-0.3, -0.25) is 0 Å². The van der Waals surface area contributed by atoms with E-state index < -0.39 is 5.97 Å². The first-order valence-electron chi connectivity index (χ1n) is 4.64. The SMILES string of the molecule is C#CCC(C)Nc1nc(Cl)ccc1C(=O)O. The van der Waals surface area contributed by atoms with Gasteiger partial charge in [0.2, 0.25) is 0 Å². The molecule has 1 heterocycles. The summed E-state index contributed by atoms with van der Waals surface area (Å²) in [6.45, 7) is 1.84. The number of hydrogen-bond acceptors (Lipinski definition) is 3. The summed E-state index contributed by atoms with van der Waals surface area (Å²) < 4.78 is 0. The summed E-state index contributed by atoms with van der Waals surface area (Å²) in [5.74, 6) is 1.66. The lowest BCUT2D eigenvalue weighted by Gasteiger charge is -2.13. The standard InChI is InChI=1S/C11H11ClN2O2/c1-3-4-7(2)13-10-8(11(15)16)5-6-9(12)14-10/h1,5-7H,4H2,2H3,(H,13,14)(H,15,16). The average Bonchev–Trinajstić information content (AvgIpc) is 2.17. The van der Waals surface area contributed by atoms with Crippen molar-refractivity contribution in [3.8, 4) is 12.3 Å². The van der Waals surface area contributed by atoms with Crippen LogP contribution in [0.5, 0.6) is 0 Å². The van der Waals surface area contributed by atoms with Crippen molar-refractivity contribution < 1.29 is 9.90 Å². The first-order valence-corrected chi connectivity index (χ1v) is 5.02. The van der Waals surface area contributed by atoms with E-state index in [0.717, 1.165) is 0 Å².